The summed E-state index contributed by atoms with van der Waals surface area (Å²) < 4.78 is 2.45. The number of benzene rings is 13. The first-order valence-corrected chi connectivity index (χ1v) is 27.4. The molecule has 0 N–H and O–H groups in total. The van der Waals surface area contributed by atoms with Crippen LogP contribution in [0, 0.1) is 0 Å². The van der Waals surface area contributed by atoms with Gasteiger partial charge in [0.2, 0.25) is 0 Å². The van der Waals surface area contributed by atoms with E-state index in [0.29, 0.717) is 0 Å². The van der Waals surface area contributed by atoms with Gasteiger partial charge in [0, 0.05) is 33.5 Å². The molecule has 2 heteroatoms. The van der Waals surface area contributed by atoms with Crippen LogP contribution in [0.3, 0.4) is 0 Å². The zero-order valence-corrected chi connectivity index (χ0v) is 43.3. The minimum atomic E-state index is -0.449. The van der Waals surface area contributed by atoms with Crippen LogP contribution in [0.25, 0.3) is 105 Å². The van der Waals surface area contributed by atoms with Crippen LogP contribution in [0.5, 0.6) is 0 Å². The summed E-state index contributed by atoms with van der Waals surface area (Å²) in [6.07, 6.45) is 0. The summed E-state index contributed by atoms with van der Waals surface area (Å²) in [4.78, 5) is 2.45. The quantitative estimate of drug-likeness (QED) is 0.147. The molecule has 1 spiro atoms. The Morgan fingerprint density at radius 2 is 0.709 bits per heavy atom. The van der Waals surface area contributed by atoms with E-state index in [1.54, 1.807) is 0 Å². The fourth-order valence-electron chi connectivity index (χ4n) is 13.5. The van der Waals surface area contributed by atoms with Crippen LogP contribution >= 0.6 is 0 Å². The Morgan fingerprint density at radius 1 is 0.241 bits per heavy atom. The summed E-state index contributed by atoms with van der Waals surface area (Å²) in [5.41, 5.74) is 26.4. The topological polar surface area (TPSA) is 8.17 Å². The second-order valence-corrected chi connectivity index (χ2v) is 21.2. The molecule has 0 aliphatic heterocycles. The molecule has 0 unspecified atom stereocenters. The van der Waals surface area contributed by atoms with Crippen molar-refractivity contribution in [3.8, 4) is 72.4 Å². The molecule has 2 aliphatic carbocycles. The molecule has 1 heterocycles. The van der Waals surface area contributed by atoms with Crippen molar-refractivity contribution in [1.82, 2.24) is 4.57 Å². The molecule has 0 saturated heterocycles. The second kappa shape index (κ2) is 17.9. The third-order valence-electron chi connectivity index (χ3n) is 17.0. The summed E-state index contributed by atoms with van der Waals surface area (Å²) in [5.74, 6) is 0. The van der Waals surface area contributed by atoms with Crippen molar-refractivity contribution in [2.75, 3.05) is 4.90 Å². The van der Waals surface area contributed by atoms with E-state index in [1.165, 1.54) is 116 Å². The Labute approximate surface area is 460 Å². The first-order valence-electron chi connectivity index (χ1n) is 27.4. The number of nitrogens with zero attached hydrogens (tertiary/aromatic N) is 2. The monoisotopic (exact) mass is 1000 g/mol. The molecule has 2 nitrogen and oxygen atoms in total. The van der Waals surface area contributed by atoms with E-state index < -0.39 is 5.41 Å². The molecule has 0 atom stereocenters. The van der Waals surface area contributed by atoms with Crippen LogP contribution in [0.15, 0.2) is 303 Å². The van der Waals surface area contributed by atoms with Crippen molar-refractivity contribution in [2.24, 2.45) is 0 Å². The number of hydrogen-bond donors (Lipinski definition) is 0. The molecule has 0 radical (unpaired) electrons. The maximum absolute atomic E-state index is 2.49. The number of fused-ring (bicyclic) bond motifs is 14. The lowest BCUT2D eigenvalue weighted by Gasteiger charge is -2.32. The van der Waals surface area contributed by atoms with Crippen LogP contribution in [0.1, 0.15) is 22.3 Å². The predicted molar refractivity (Wildman–Crippen MR) is 331 cm³/mol. The molecular formula is C77H50N2. The Morgan fingerprint density at radius 3 is 1.35 bits per heavy atom. The van der Waals surface area contributed by atoms with Crippen molar-refractivity contribution >= 4 is 49.6 Å². The zero-order valence-electron chi connectivity index (χ0n) is 43.3. The molecule has 13 aromatic carbocycles. The van der Waals surface area contributed by atoms with Gasteiger partial charge in [0.1, 0.15) is 0 Å². The van der Waals surface area contributed by atoms with Gasteiger partial charge in [0.15, 0.2) is 0 Å². The van der Waals surface area contributed by atoms with Crippen molar-refractivity contribution in [3.63, 3.8) is 0 Å². The number of hydrogen-bond acceptors (Lipinski definition) is 1. The van der Waals surface area contributed by atoms with E-state index in [2.05, 4.69) is 313 Å². The average Bonchev–Trinajstić information content (AvgIpc) is 2.90. The molecule has 0 amide bonds. The highest BCUT2D eigenvalue weighted by Gasteiger charge is 2.51. The summed E-state index contributed by atoms with van der Waals surface area (Å²) in [6, 6.07) is 112. The second-order valence-electron chi connectivity index (χ2n) is 21.2. The summed E-state index contributed by atoms with van der Waals surface area (Å²) in [6.45, 7) is 0. The number of rotatable bonds is 8. The van der Waals surface area contributed by atoms with Gasteiger partial charge >= 0.3 is 0 Å². The third-order valence-corrected chi connectivity index (χ3v) is 17.0. The minimum Gasteiger partial charge on any atom is -0.310 e. The number of aromatic nitrogens is 1. The molecule has 2 aliphatic rings. The van der Waals surface area contributed by atoms with Crippen LogP contribution < -0.4 is 4.90 Å². The van der Waals surface area contributed by atoms with E-state index in [9.17, 15) is 0 Å². The third kappa shape index (κ3) is 6.98. The molecule has 1 aromatic heterocycles. The summed E-state index contributed by atoms with van der Waals surface area (Å²) >= 11 is 0. The van der Waals surface area contributed by atoms with E-state index in [4.69, 9.17) is 0 Å². The Bertz CT molecular complexity index is 4600. The SMILES string of the molecule is c1ccc(-c2cc(-c3ccccc3)cc(-n3c4ccccc4c4cc(-c5ccccc5-c5ccc(N(c6ccc7c(c6)C6(c8ccccc8-c8ccccc86)c6ccccc6-7)c6ccc7ccccc7c6)cc5)ccc43)c2)cc1. The maximum Gasteiger partial charge on any atom is 0.0726 e. The molecule has 14 aromatic rings. The Kier molecular flexibility index (Phi) is 10.2. The van der Waals surface area contributed by atoms with Crippen molar-refractivity contribution < 1.29 is 0 Å². The molecule has 16 rings (SSSR count). The van der Waals surface area contributed by atoms with Gasteiger partial charge in [-0.05, 0) is 173 Å². The molecule has 0 saturated carbocycles. The lowest BCUT2D eigenvalue weighted by atomic mass is 9.70. The van der Waals surface area contributed by atoms with Crippen molar-refractivity contribution in [1.29, 1.82) is 0 Å². The van der Waals surface area contributed by atoms with Crippen LogP contribution in [-0.4, -0.2) is 4.57 Å². The molecule has 368 valence electrons. The van der Waals surface area contributed by atoms with Gasteiger partial charge in [0.05, 0.1) is 16.4 Å². The van der Waals surface area contributed by atoms with Crippen LogP contribution in [0.4, 0.5) is 17.1 Å². The summed E-state index contributed by atoms with van der Waals surface area (Å²) in [7, 11) is 0. The predicted octanol–water partition coefficient (Wildman–Crippen LogP) is 20.4. The highest BCUT2D eigenvalue weighted by atomic mass is 15.1. The lowest BCUT2D eigenvalue weighted by Crippen LogP contribution is -2.26. The van der Waals surface area contributed by atoms with Crippen LogP contribution in [-0.2, 0) is 5.41 Å². The minimum absolute atomic E-state index is 0.449. The van der Waals surface area contributed by atoms with Gasteiger partial charge in [-0.25, -0.2) is 0 Å². The van der Waals surface area contributed by atoms with Gasteiger partial charge in [-0.1, -0.05) is 231 Å². The highest BCUT2D eigenvalue weighted by molar-refractivity contribution is 6.11. The fraction of sp³-hybridized carbons (Fsp3) is 0.0130. The molecule has 0 fully saturated rings. The van der Waals surface area contributed by atoms with Gasteiger partial charge in [-0.3, -0.25) is 0 Å². The van der Waals surface area contributed by atoms with Gasteiger partial charge in [0.25, 0.3) is 0 Å². The van der Waals surface area contributed by atoms with Gasteiger partial charge in [-0.2, -0.15) is 0 Å². The van der Waals surface area contributed by atoms with Gasteiger partial charge < -0.3 is 9.47 Å². The fourth-order valence-corrected chi connectivity index (χ4v) is 13.5. The van der Waals surface area contributed by atoms with E-state index in [1.807, 2.05) is 0 Å². The van der Waals surface area contributed by atoms with E-state index >= 15 is 0 Å². The normalized spacial score (nSPS) is 12.7. The maximum atomic E-state index is 2.49. The Hall–Kier alpha value is -10.3. The number of para-hydroxylation sites is 1. The zero-order chi connectivity index (χ0) is 52.0. The van der Waals surface area contributed by atoms with Gasteiger partial charge in [-0.15, -0.1) is 0 Å². The lowest BCUT2D eigenvalue weighted by molar-refractivity contribution is 0.793. The standard InChI is InChI=1S/C77H50N2/c1-3-19-51(20-4-1)57-45-58(52-21-5-2-6-22-52)48-62(47-57)79-75-34-18-14-30-69(75)70-49-56(38-44-76(70)79)64-26-10-9-25-63(64)54-36-39-59(40-37-54)78(60-41-35-53-23-7-8-24-55(53)46-60)61-42-43-68-67-29-13-17-33-73(67)77(74(68)50-61)71-31-15-11-27-65(71)66-28-12-16-32-72(66)77/h1-50H. The molecule has 79 heavy (non-hydrogen) atoms. The van der Waals surface area contributed by atoms with Crippen molar-refractivity contribution in [3.05, 3.63) is 326 Å². The van der Waals surface area contributed by atoms with E-state index in [-0.39, 0.29) is 0 Å². The van der Waals surface area contributed by atoms with Crippen LogP contribution in [0.2, 0.25) is 0 Å². The Balaban J connectivity index is 0.820. The number of anilines is 3. The highest BCUT2D eigenvalue weighted by Crippen LogP contribution is 2.63. The first kappa shape index (κ1) is 45.0. The largest absolute Gasteiger partial charge is 0.310 e. The first-order chi connectivity index (χ1) is 39.2. The molecule has 0 bridgehead atoms. The average molecular weight is 1000 g/mol. The summed E-state index contributed by atoms with van der Waals surface area (Å²) in [5, 5.41) is 4.87. The van der Waals surface area contributed by atoms with E-state index in [0.717, 1.165) is 28.3 Å². The molecular weight excluding hydrogens is 953 g/mol. The van der Waals surface area contributed by atoms with Crippen molar-refractivity contribution in [2.45, 2.75) is 5.41 Å². The smallest absolute Gasteiger partial charge is 0.0726 e.